The summed E-state index contributed by atoms with van der Waals surface area (Å²) < 4.78 is 0. The van der Waals surface area contributed by atoms with E-state index in [4.69, 9.17) is 5.73 Å². The quantitative estimate of drug-likeness (QED) is 0.746. The maximum Gasteiger partial charge on any atom is 0.000977 e. The lowest BCUT2D eigenvalue weighted by Gasteiger charge is -2.31. The molecule has 0 spiro atoms. The Morgan fingerprint density at radius 2 is 1.71 bits per heavy atom. The Morgan fingerprint density at radius 1 is 1.00 bits per heavy atom. The molecule has 2 atom stereocenters. The summed E-state index contributed by atoms with van der Waals surface area (Å²) in [4.78, 5) is 2.66. The van der Waals surface area contributed by atoms with Crippen molar-refractivity contribution in [3.8, 4) is 0 Å². The molecule has 2 heteroatoms. The summed E-state index contributed by atoms with van der Waals surface area (Å²) in [5.41, 5.74) is 5.76. The van der Waals surface area contributed by atoms with Crippen LogP contribution in [0.2, 0.25) is 0 Å². The fourth-order valence-electron chi connectivity index (χ4n) is 3.11. The highest BCUT2D eigenvalue weighted by atomic mass is 15.1. The second-order valence-corrected chi connectivity index (χ2v) is 5.14. The summed E-state index contributed by atoms with van der Waals surface area (Å²) in [5, 5.41) is 0. The first-order valence-corrected chi connectivity index (χ1v) is 6.31. The molecule has 0 aromatic heterocycles. The van der Waals surface area contributed by atoms with E-state index in [1.165, 1.54) is 58.2 Å². The number of likely N-dealkylation sites (tertiary alicyclic amines) is 1. The molecule has 0 bridgehead atoms. The van der Waals surface area contributed by atoms with Gasteiger partial charge in [0.15, 0.2) is 0 Å². The van der Waals surface area contributed by atoms with Crippen LogP contribution in [-0.4, -0.2) is 31.1 Å². The molecule has 1 aliphatic heterocycles. The predicted molar refractivity (Wildman–Crippen MR) is 60.2 cm³/mol. The zero-order valence-electron chi connectivity index (χ0n) is 9.25. The van der Waals surface area contributed by atoms with Crippen LogP contribution in [0.3, 0.4) is 0 Å². The Kier molecular flexibility index (Phi) is 3.82. The fourth-order valence-corrected chi connectivity index (χ4v) is 3.11. The van der Waals surface area contributed by atoms with E-state index in [1.807, 2.05) is 0 Å². The van der Waals surface area contributed by atoms with Crippen molar-refractivity contribution in [1.82, 2.24) is 4.90 Å². The van der Waals surface area contributed by atoms with Crippen molar-refractivity contribution in [2.24, 2.45) is 17.6 Å². The molecular weight excluding hydrogens is 172 g/mol. The molecule has 0 radical (unpaired) electrons. The summed E-state index contributed by atoms with van der Waals surface area (Å²) in [6.45, 7) is 4.97. The van der Waals surface area contributed by atoms with Gasteiger partial charge in [0.2, 0.25) is 0 Å². The van der Waals surface area contributed by atoms with Crippen LogP contribution in [0.1, 0.15) is 38.5 Å². The van der Waals surface area contributed by atoms with Gasteiger partial charge in [-0.25, -0.2) is 0 Å². The van der Waals surface area contributed by atoms with E-state index in [2.05, 4.69) is 4.90 Å². The van der Waals surface area contributed by atoms with Crippen molar-refractivity contribution >= 4 is 0 Å². The van der Waals surface area contributed by atoms with E-state index in [9.17, 15) is 0 Å². The summed E-state index contributed by atoms with van der Waals surface area (Å²) in [5.74, 6) is 1.78. The van der Waals surface area contributed by atoms with E-state index < -0.39 is 0 Å². The molecule has 82 valence electrons. The minimum Gasteiger partial charge on any atom is -0.330 e. The average molecular weight is 196 g/mol. The number of hydrogen-bond donors (Lipinski definition) is 1. The smallest absolute Gasteiger partial charge is 0.000977 e. The van der Waals surface area contributed by atoms with Gasteiger partial charge in [-0.3, -0.25) is 0 Å². The Hall–Kier alpha value is -0.0800. The maximum atomic E-state index is 5.76. The largest absolute Gasteiger partial charge is 0.330 e. The van der Waals surface area contributed by atoms with E-state index >= 15 is 0 Å². The summed E-state index contributed by atoms with van der Waals surface area (Å²) in [7, 11) is 0. The first-order chi connectivity index (χ1) is 6.88. The molecule has 0 aromatic rings. The number of rotatable bonds is 3. The predicted octanol–water partition coefficient (Wildman–Crippen LogP) is 1.85. The lowest BCUT2D eigenvalue weighted by Crippen LogP contribution is -2.31. The van der Waals surface area contributed by atoms with Gasteiger partial charge in [0, 0.05) is 6.54 Å². The lowest BCUT2D eigenvalue weighted by atomic mass is 9.81. The topological polar surface area (TPSA) is 29.3 Å². The zero-order valence-corrected chi connectivity index (χ0v) is 9.25. The Morgan fingerprint density at radius 3 is 2.43 bits per heavy atom. The van der Waals surface area contributed by atoms with Gasteiger partial charge >= 0.3 is 0 Å². The van der Waals surface area contributed by atoms with Crippen LogP contribution in [-0.2, 0) is 0 Å². The molecule has 2 unspecified atom stereocenters. The van der Waals surface area contributed by atoms with Crippen molar-refractivity contribution in [3.05, 3.63) is 0 Å². The van der Waals surface area contributed by atoms with Crippen molar-refractivity contribution in [2.75, 3.05) is 26.2 Å². The third kappa shape index (κ3) is 2.71. The van der Waals surface area contributed by atoms with Gasteiger partial charge in [-0.2, -0.15) is 0 Å². The SMILES string of the molecule is NCC1CCCC(CN2CCCC2)C1. The molecule has 0 amide bonds. The van der Waals surface area contributed by atoms with E-state index in [1.54, 1.807) is 0 Å². The third-order valence-electron chi connectivity index (χ3n) is 3.94. The summed E-state index contributed by atoms with van der Waals surface area (Å²) in [6, 6.07) is 0. The summed E-state index contributed by atoms with van der Waals surface area (Å²) >= 11 is 0. The van der Waals surface area contributed by atoms with E-state index in [0.29, 0.717) is 0 Å². The normalized spacial score (nSPS) is 34.9. The molecule has 1 heterocycles. The number of nitrogens with two attached hydrogens (primary N) is 1. The number of hydrogen-bond acceptors (Lipinski definition) is 2. The zero-order chi connectivity index (χ0) is 9.80. The highest BCUT2D eigenvalue weighted by molar-refractivity contribution is 4.77. The van der Waals surface area contributed by atoms with Crippen LogP contribution >= 0.6 is 0 Å². The molecule has 14 heavy (non-hydrogen) atoms. The standard InChI is InChI=1S/C12H24N2/c13-9-11-4-3-5-12(8-11)10-14-6-1-2-7-14/h11-12H,1-10,13H2. The van der Waals surface area contributed by atoms with Crippen molar-refractivity contribution in [2.45, 2.75) is 38.5 Å². The second-order valence-electron chi connectivity index (χ2n) is 5.14. The van der Waals surface area contributed by atoms with Gasteiger partial charge in [0.05, 0.1) is 0 Å². The van der Waals surface area contributed by atoms with Crippen LogP contribution in [0, 0.1) is 11.8 Å². The molecule has 2 nitrogen and oxygen atoms in total. The Balaban J connectivity index is 1.73. The molecule has 2 fully saturated rings. The molecule has 2 N–H and O–H groups in total. The molecule has 2 rings (SSSR count). The molecule has 0 aromatic carbocycles. The van der Waals surface area contributed by atoms with Crippen LogP contribution in [0.15, 0.2) is 0 Å². The molecule has 1 saturated heterocycles. The van der Waals surface area contributed by atoms with Crippen molar-refractivity contribution in [3.63, 3.8) is 0 Å². The Labute approximate surface area is 87.8 Å². The van der Waals surface area contributed by atoms with Gasteiger partial charge in [-0.15, -0.1) is 0 Å². The first-order valence-electron chi connectivity index (χ1n) is 6.31. The van der Waals surface area contributed by atoms with Crippen LogP contribution in [0.25, 0.3) is 0 Å². The Bertz CT molecular complexity index is 164. The molecule has 2 aliphatic rings. The van der Waals surface area contributed by atoms with Crippen LogP contribution in [0.5, 0.6) is 0 Å². The first kappa shape index (κ1) is 10.4. The average Bonchev–Trinajstić information content (AvgIpc) is 2.71. The third-order valence-corrected chi connectivity index (χ3v) is 3.94. The lowest BCUT2D eigenvalue weighted by molar-refractivity contribution is 0.199. The maximum absolute atomic E-state index is 5.76. The fraction of sp³-hybridized carbons (Fsp3) is 1.00. The van der Waals surface area contributed by atoms with Crippen molar-refractivity contribution in [1.29, 1.82) is 0 Å². The van der Waals surface area contributed by atoms with Gasteiger partial charge in [-0.05, 0) is 63.6 Å². The van der Waals surface area contributed by atoms with Gasteiger partial charge < -0.3 is 10.6 Å². The van der Waals surface area contributed by atoms with Gasteiger partial charge in [0.1, 0.15) is 0 Å². The minimum absolute atomic E-state index is 0.830. The highest BCUT2D eigenvalue weighted by Crippen LogP contribution is 2.29. The van der Waals surface area contributed by atoms with E-state index in [0.717, 1.165) is 18.4 Å². The minimum atomic E-state index is 0.830. The van der Waals surface area contributed by atoms with Gasteiger partial charge in [0.25, 0.3) is 0 Å². The highest BCUT2D eigenvalue weighted by Gasteiger charge is 2.23. The van der Waals surface area contributed by atoms with Crippen molar-refractivity contribution < 1.29 is 0 Å². The van der Waals surface area contributed by atoms with Crippen LogP contribution in [0.4, 0.5) is 0 Å². The van der Waals surface area contributed by atoms with Crippen LogP contribution < -0.4 is 5.73 Å². The monoisotopic (exact) mass is 196 g/mol. The second kappa shape index (κ2) is 5.13. The molecular formula is C12H24N2. The van der Waals surface area contributed by atoms with Gasteiger partial charge in [-0.1, -0.05) is 6.42 Å². The molecule has 1 saturated carbocycles. The van der Waals surface area contributed by atoms with E-state index in [-0.39, 0.29) is 0 Å². The summed E-state index contributed by atoms with van der Waals surface area (Å²) in [6.07, 6.45) is 8.49. The number of nitrogens with zero attached hydrogens (tertiary/aromatic N) is 1. The molecule has 1 aliphatic carbocycles.